The number of nitrogens with one attached hydrogen (secondary N) is 1. The molecule has 2 aromatic carbocycles. The smallest absolute Gasteiger partial charge is 0.248 e. The number of anilines is 1. The van der Waals surface area contributed by atoms with Crippen LogP contribution < -0.4 is 14.8 Å². The molecule has 0 fully saturated rings. The van der Waals surface area contributed by atoms with Gasteiger partial charge < -0.3 is 14.8 Å². The molecule has 0 saturated heterocycles. The number of benzene rings is 2. The Morgan fingerprint density at radius 1 is 1.17 bits per heavy atom. The van der Waals surface area contributed by atoms with Gasteiger partial charge in [0, 0.05) is 6.08 Å². The molecule has 0 spiro atoms. The van der Waals surface area contributed by atoms with Gasteiger partial charge in [0.1, 0.15) is 17.6 Å². The number of hydrogen-bond donors (Lipinski definition) is 1. The van der Waals surface area contributed by atoms with E-state index < -0.39 is 0 Å². The minimum Gasteiger partial charge on any atom is -0.492 e. The summed E-state index contributed by atoms with van der Waals surface area (Å²) in [4.78, 5) is 12.0. The molecule has 0 unspecified atom stereocenters. The first-order valence-corrected chi connectivity index (χ1v) is 7.53. The summed E-state index contributed by atoms with van der Waals surface area (Å²) >= 11 is 0. The molecule has 1 amide bonds. The van der Waals surface area contributed by atoms with E-state index in [-0.39, 0.29) is 12.5 Å². The summed E-state index contributed by atoms with van der Waals surface area (Å²) in [5.74, 6) is 1.01. The van der Waals surface area contributed by atoms with Crippen molar-refractivity contribution in [3.63, 3.8) is 0 Å². The number of carbonyl (C=O) groups is 1. The molecular weight excluding hydrogens is 304 g/mol. The van der Waals surface area contributed by atoms with Crippen LogP contribution in [0.4, 0.5) is 5.69 Å². The molecule has 0 saturated carbocycles. The number of carbonyl (C=O) groups excluding carboxylic acids is 1. The molecule has 0 heterocycles. The van der Waals surface area contributed by atoms with Crippen molar-refractivity contribution < 1.29 is 14.3 Å². The third-order valence-electron chi connectivity index (χ3n) is 3.06. The second-order valence-electron chi connectivity index (χ2n) is 4.77. The Morgan fingerprint density at radius 3 is 2.62 bits per heavy atom. The number of para-hydroxylation sites is 2. The standard InChI is InChI=1S/C19H18N2O3/c1-2-23-18-6-4-3-5-17(18)21-19(22)12-9-15-7-10-16(11-8-15)24-14-13-20/h3-12H,2,14H2,1H3,(H,21,22)/b12-9+. The average molecular weight is 322 g/mol. The number of amides is 1. The second kappa shape index (κ2) is 9.01. The summed E-state index contributed by atoms with van der Waals surface area (Å²) in [6.45, 7) is 2.43. The van der Waals surface area contributed by atoms with Gasteiger partial charge in [0.15, 0.2) is 6.61 Å². The van der Waals surface area contributed by atoms with Crippen molar-refractivity contribution in [1.29, 1.82) is 5.26 Å². The molecule has 2 aromatic rings. The summed E-state index contributed by atoms with van der Waals surface area (Å²) in [5.41, 5.74) is 1.49. The van der Waals surface area contributed by atoms with Crippen LogP contribution in [0.25, 0.3) is 6.08 Å². The molecule has 0 aliphatic rings. The number of nitriles is 1. The fourth-order valence-electron chi connectivity index (χ4n) is 1.99. The van der Waals surface area contributed by atoms with E-state index in [0.29, 0.717) is 23.8 Å². The van der Waals surface area contributed by atoms with E-state index >= 15 is 0 Å². The quantitative estimate of drug-likeness (QED) is 0.790. The Balaban J connectivity index is 1.97. The Hall–Kier alpha value is -3.26. The van der Waals surface area contributed by atoms with Gasteiger partial charge in [0.05, 0.1) is 12.3 Å². The topological polar surface area (TPSA) is 71.3 Å². The van der Waals surface area contributed by atoms with Gasteiger partial charge in [0.2, 0.25) is 5.91 Å². The van der Waals surface area contributed by atoms with Crippen LogP contribution in [0.1, 0.15) is 12.5 Å². The highest BCUT2D eigenvalue weighted by atomic mass is 16.5. The van der Waals surface area contributed by atoms with Crippen molar-refractivity contribution in [2.45, 2.75) is 6.92 Å². The molecule has 0 aliphatic heterocycles. The zero-order chi connectivity index (χ0) is 17.2. The van der Waals surface area contributed by atoms with Crippen molar-refractivity contribution in [1.82, 2.24) is 0 Å². The van der Waals surface area contributed by atoms with E-state index in [4.69, 9.17) is 14.7 Å². The van der Waals surface area contributed by atoms with Gasteiger partial charge in [-0.3, -0.25) is 4.79 Å². The van der Waals surface area contributed by atoms with Crippen LogP contribution in [-0.2, 0) is 4.79 Å². The largest absolute Gasteiger partial charge is 0.492 e. The van der Waals surface area contributed by atoms with E-state index in [2.05, 4.69) is 5.32 Å². The van der Waals surface area contributed by atoms with E-state index in [1.165, 1.54) is 6.08 Å². The number of rotatable bonds is 7. The molecule has 0 radical (unpaired) electrons. The van der Waals surface area contributed by atoms with Gasteiger partial charge in [-0.25, -0.2) is 0 Å². The number of hydrogen-bond acceptors (Lipinski definition) is 4. The van der Waals surface area contributed by atoms with Gasteiger partial charge in [-0.2, -0.15) is 5.26 Å². The maximum atomic E-state index is 12.0. The van der Waals surface area contributed by atoms with Crippen LogP contribution in [-0.4, -0.2) is 19.1 Å². The maximum absolute atomic E-state index is 12.0. The summed E-state index contributed by atoms with van der Waals surface area (Å²) in [6, 6.07) is 16.3. The van der Waals surface area contributed by atoms with Crippen molar-refractivity contribution in [2.75, 3.05) is 18.5 Å². The fourth-order valence-corrected chi connectivity index (χ4v) is 1.99. The van der Waals surface area contributed by atoms with Gasteiger partial charge in [-0.1, -0.05) is 24.3 Å². The lowest BCUT2D eigenvalue weighted by Gasteiger charge is -2.09. The molecule has 0 bridgehead atoms. The van der Waals surface area contributed by atoms with Crippen LogP contribution in [0.2, 0.25) is 0 Å². The third-order valence-corrected chi connectivity index (χ3v) is 3.06. The first-order valence-electron chi connectivity index (χ1n) is 7.53. The zero-order valence-corrected chi connectivity index (χ0v) is 13.4. The molecule has 5 nitrogen and oxygen atoms in total. The SMILES string of the molecule is CCOc1ccccc1NC(=O)/C=C/c1ccc(OCC#N)cc1. The van der Waals surface area contributed by atoms with Crippen molar-refractivity contribution >= 4 is 17.7 Å². The number of ether oxygens (including phenoxy) is 2. The summed E-state index contributed by atoms with van der Waals surface area (Å²) in [7, 11) is 0. The van der Waals surface area contributed by atoms with E-state index in [0.717, 1.165) is 5.56 Å². The Morgan fingerprint density at radius 2 is 1.92 bits per heavy atom. The highest BCUT2D eigenvalue weighted by Crippen LogP contribution is 2.23. The molecule has 24 heavy (non-hydrogen) atoms. The fraction of sp³-hybridized carbons (Fsp3) is 0.158. The van der Waals surface area contributed by atoms with Crippen LogP contribution in [0.5, 0.6) is 11.5 Å². The van der Waals surface area contributed by atoms with E-state index in [9.17, 15) is 4.79 Å². The number of nitrogens with zero attached hydrogens (tertiary/aromatic N) is 1. The zero-order valence-electron chi connectivity index (χ0n) is 13.4. The van der Waals surface area contributed by atoms with Gasteiger partial charge in [-0.15, -0.1) is 0 Å². The lowest BCUT2D eigenvalue weighted by molar-refractivity contribution is -0.111. The third kappa shape index (κ3) is 5.18. The summed E-state index contributed by atoms with van der Waals surface area (Å²) in [5, 5.41) is 11.3. The normalized spacial score (nSPS) is 10.2. The predicted molar refractivity (Wildman–Crippen MR) is 92.8 cm³/mol. The highest BCUT2D eigenvalue weighted by Gasteiger charge is 2.04. The monoisotopic (exact) mass is 322 g/mol. The van der Waals surface area contributed by atoms with Crippen molar-refractivity contribution in [3.8, 4) is 17.6 Å². The van der Waals surface area contributed by atoms with Gasteiger partial charge in [-0.05, 0) is 42.8 Å². The molecule has 1 N–H and O–H groups in total. The van der Waals surface area contributed by atoms with Crippen molar-refractivity contribution in [3.05, 3.63) is 60.2 Å². The molecule has 2 rings (SSSR count). The summed E-state index contributed by atoms with van der Waals surface area (Å²) in [6.07, 6.45) is 3.15. The minimum absolute atomic E-state index is 0.0107. The van der Waals surface area contributed by atoms with Crippen LogP contribution in [0, 0.1) is 11.3 Å². The maximum Gasteiger partial charge on any atom is 0.248 e. The predicted octanol–water partition coefficient (Wildman–Crippen LogP) is 3.64. The van der Waals surface area contributed by atoms with Crippen LogP contribution >= 0.6 is 0 Å². The van der Waals surface area contributed by atoms with Crippen LogP contribution in [0.3, 0.4) is 0 Å². The second-order valence-corrected chi connectivity index (χ2v) is 4.77. The lowest BCUT2D eigenvalue weighted by atomic mass is 10.2. The Labute approximate surface area is 141 Å². The Bertz CT molecular complexity index is 746. The van der Waals surface area contributed by atoms with Gasteiger partial charge in [0.25, 0.3) is 0 Å². The van der Waals surface area contributed by atoms with E-state index in [1.54, 1.807) is 24.3 Å². The lowest BCUT2D eigenvalue weighted by Crippen LogP contribution is -2.09. The first-order chi connectivity index (χ1) is 11.7. The molecule has 0 aliphatic carbocycles. The minimum atomic E-state index is -0.244. The van der Waals surface area contributed by atoms with E-state index in [1.807, 2.05) is 43.3 Å². The molecule has 122 valence electrons. The highest BCUT2D eigenvalue weighted by molar-refractivity contribution is 6.02. The van der Waals surface area contributed by atoms with Gasteiger partial charge >= 0.3 is 0 Å². The van der Waals surface area contributed by atoms with Crippen molar-refractivity contribution in [2.24, 2.45) is 0 Å². The van der Waals surface area contributed by atoms with Crippen LogP contribution in [0.15, 0.2) is 54.6 Å². The molecular formula is C19H18N2O3. The molecule has 5 heteroatoms. The average Bonchev–Trinajstić information content (AvgIpc) is 2.61. The Kier molecular flexibility index (Phi) is 6.42. The molecule has 0 atom stereocenters. The summed E-state index contributed by atoms with van der Waals surface area (Å²) < 4.78 is 10.6. The molecule has 0 aromatic heterocycles. The first kappa shape index (κ1) is 17.1.